The second-order valence-corrected chi connectivity index (χ2v) is 7.68. The quantitative estimate of drug-likeness (QED) is 0.357. The second kappa shape index (κ2) is 9.16. The van der Waals surface area contributed by atoms with Gasteiger partial charge in [-0.1, -0.05) is 56.2 Å². The lowest BCUT2D eigenvalue weighted by molar-refractivity contribution is 0.532. The van der Waals surface area contributed by atoms with Crippen LogP contribution in [0.1, 0.15) is 72.8 Å². The lowest BCUT2D eigenvalue weighted by atomic mass is 9.79. The van der Waals surface area contributed by atoms with Crippen molar-refractivity contribution < 1.29 is 4.39 Å². The van der Waals surface area contributed by atoms with Gasteiger partial charge in [0.05, 0.1) is 0 Å². The highest BCUT2D eigenvalue weighted by Crippen LogP contribution is 2.34. The van der Waals surface area contributed by atoms with E-state index in [2.05, 4.69) is 37.8 Å². The zero-order valence-electron chi connectivity index (χ0n) is 16.1. The van der Waals surface area contributed by atoms with Crippen molar-refractivity contribution in [2.75, 3.05) is 0 Å². The molecule has 0 fully saturated rings. The van der Waals surface area contributed by atoms with Crippen molar-refractivity contribution in [3.8, 4) is 0 Å². The van der Waals surface area contributed by atoms with Crippen molar-refractivity contribution in [3.63, 3.8) is 0 Å². The minimum atomic E-state index is -0.0313. The molecule has 3 rings (SSSR count). The van der Waals surface area contributed by atoms with Gasteiger partial charge in [0.15, 0.2) is 0 Å². The van der Waals surface area contributed by atoms with E-state index in [1.807, 2.05) is 12.1 Å². The predicted octanol–water partition coefficient (Wildman–Crippen LogP) is 6.95. The standard InChI is InChI=1S/C25H31F/c1-3-5-7-9-19-10-12-22-18-23(14-13-21(22)16-19)24-15-11-20(8-6-4-2)17-25(24)26/h4,10-12,15-17,23H,2-3,5-9,13-14,18H2,1H3. The zero-order chi connectivity index (χ0) is 18.4. The number of allylic oxidation sites excluding steroid dienone is 1. The zero-order valence-corrected chi connectivity index (χ0v) is 16.1. The van der Waals surface area contributed by atoms with E-state index in [1.54, 1.807) is 6.07 Å². The molecule has 0 bridgehead atoms. The van der Waals surface area contributed by atoms with Crippen LogP contribution < -0.4 is 0 Å². The van der Waals surface area contributed by atoms with Gasteiger partial charge in [-0.2, -0.15) is 0 Å². The van der Waals surface area contributed by atoms with E-state index in [0.29, 0.717) is 5.92 Å². The van der Waals surface area contributed by atoms with Crippen LogP contribution in [0.15, 0.2) is 49.1 Å². The van der Waals surface area contributed by atoms with Crippen LogP contribution in [0.5, 0.6) is 0 Å². The summed E-state index contributed by atoms with van der Waals surface area (Å²) in [6.07, 6.45) is 11.8. The predicted molar refractivity (Wildman–Crippen MR) is 109 cm³/mol. The number of benzene rings is 2. The van der Waals surface area contributed by atoms with Crippen molar-refractivity contribution in [2.45, 2.75) is 70.6 Å². The molecule has 0 spiro atoms. The van der Waals surface area contributed by atoms with Gasteiger partial charge in [0, 0.05) is 0 Å². The first-order chi connectivity index (χ1) is 12.7. The lowest BCUT2D eigenvalue weighted by Gasteiger charge is -2.26. The van der Waals surface area contributed by atoms with Gasteiger partial charge in [0.1, 0.15) is 5.82 Å². The molecule has 1 aliphatic carbocycles. The largest absolute Gasteiger partial charge is 0.207 e. The highest BCUT2D eigenvalue weighted by molar-refractivity contribution is 5.38. The number of rotatable bonds is 8. The molecule has 0 saturated heterocycles. The summed E-state index contributed by atoms with van der Waals surface area (Å²) in [7, 11) is 0. The third kappa shape index (κ3) is 4.63. The van der Waals surface area contributed by atoms with Crippen molar-refractivity contribution >= 4 is 0 Å². The first kappa shape index (κ1) is 18.9. The van der Waals surface area contributed by atoms with Crippen LogP contribution in [-0.2, 0) is 25.7 Å². The molecular weight excluding hydrogens is 319 g/mol. The van der Waals surface area contributed by atoms with E-state index in [0.717, 1.165) is 43.2 Å². The van der Waals surface area contributed by atoms with Crippen LogP contribution in [0.3, 0.4) is 0 Å². The minimum Gasteiger partial charge on any atom is -0.207 e. The van der Waals surface area contributed by atoms with Gasteiger partial charge in [-0.05, 0) is 84.7 Å². The summed E-state index contributed by atoms with van der Waals surface area (Å²) in [6.45, 7) is 5.99. The average molecular weight is 351 g/mol. The summed E-state index contributed by atoms with van der Waals surface area (Å²) in [5, 5.41) is 0. The summed E-state index contributed by atoms with van der Waals surface area (Å²) in [6, 6.07) is 12.8. The molecule has 0 radical (unpaired) electrons. The Morgan fingerprint density at radius 2 is 1.85 bits per heavy atom. The molecule has 138 valence electrons. The maximum atomic E-state index is 14.6. The molecular formula is C25H31F. The Morgan fingerprint density at radius 1 is 1.04 bits per heavy atom. The van der Waals surface area contributed by atoms with E-state index in [-0.39, 0.29) is 5.82 Å². The maximum absolute atomic E-state index is 14.6. The number of unbranched alkanes of at least 4 members (excludes halogenated alkanes) is 2. The fourth-order valence-electron chi connectivity index (χ4n) is 4.13. The molecule has 2 aromatic rings. The molecule has 0 nitrogen and oxygen atoms in total. The van der Waals surface area contributed by atoms with Crippen LogP contribution in [0.25, 0.3) is 0 Å². The smallest absolute Gasteiger partial charge is 0.126 e. The molecule has 0 N–H and O–H groups in total. The van der Waals surface area contributed by atoms with Gasteiger partial charge in [-0.3, -0.25) is 0 Å². The van der Waals surface area contributed by atoms with Gasteiger partial charge in [0.25, 0.3) is 0 Å². The Labute approximate surface area is 158 Å². The molecule has 0 saturated carbocycles. The van der Waals surface area contributed by atoms with E-state index in [9.17, 15) is 4.39 Å². The Balaban J connectivity index is 1.69. The summed E-state index contributed by atoms with van der Waals surface area (Å²) in [4.78, 5) is 0. The molecule has 1 aliphatic rings. The molecule has 26 heavy (non-hydrogen) atoms. The third-order valence-electron chi connectivity index (χ3n) is 5.71. The van der Waals surface area contributed by atoms with Crippen LogP contribution in [0, 0.1) is 5.82 Å². The van der Waals surface area contributed by atoms with Crippen LogP contribution >= 0.6 is 0 Å². The maximum Gasteiger partial charge on any atom is 0.126 e. The molecule has 0 heterocycles. The first-order valence-corrected chi connectivity index (χ1v) is 10.2. The van der Waals surface area contributed by atoms with Gasteiger partial charge >= 0.3 is 0 Å². The van der Waals surface area contributed by atoms with Crippen molar-refractivity contribution in [2.24, 2.45) is 0 Å². The number of hydrogen-bond donors (Lipinski definition) is 0. The molecule has 1 unspecified atom stereocenters. The van der Waals surface area contributed by atoms with E-state index in [1.165, 1.54) is 42.4 Å². The Hall–Kier alpha value is -1.89. The highest BCUT2D eigenvalue weighted by Gasteiger charge is 2.22. The SMILES string of the molecule is C=CCCc1ccc(C2CCc3cc(CCCCC)ccc3C2)c(F)c1. The van der Waals surface area contributed by atoms with Gasteiger partial charge in [-0.15, -0.1) is 6.58 Å². The van der Waals surface area contributed by atoms with Gasteiger partial charge in [0.2, 0.25) is 0 Å². The van der Waals surface area contributed by atoms with E-state index < -0.39 is 0 Å². The van der Waals surface area contributed by atoms with Crippen molar-refractivity contribution in [1.82, 2.24) is 0 Å². The molecule has 0 amide bonds. The number of halogens is 1. The molecule has 0 aliphatic heterocycles. The average Bonchev–Trinajstić information content (AvgIpc) is 2.66. The van der Waals surface area contributed by atoms with Crippen LogP contribution in [-0.4, -0.2) is 0 Å². The van der Waals surface area contributed by atoms with Gasteiger partial charge < -0.3 is 0 Å². The van der Waals surface area contributed by atoms with Gasteiger partial charge in [-0.25, -0.2) is 4.39 Å². The van der Waals surface area contributed by atoms with E-state index in [4.69, 9.17) is 0 Å². The summed E-state index contributed by atoms with van der Waals surface area (Å²) in [5.74, 6) is 0.276. The minimum absolute atomic E-state index is 0.0313. The molecule has 2 aromatic carbocycles. The van der Waals surface area contributed by atoms with Crippen LogP contribution in [0.4, 0.5) is 4.39 Å². The number of fused-ring (bicyclic) bond motifs is 1. The topological polar surface area (TPSA) is 0 Å². The Kier molecular flexibility index (Phi) is 6.66. The van der Waals surface area contributed by atoms with Crippen LogP contribution in [0.2, 0.25) is 0 Å². The normalized spacial score (nSPS) is 16.3. The summed E-state index contributed by atoms with van der Waals surface area (Å²) in [5.41, 5.74) is 6.33. The fraction of sp³-hybridized carbons (Fsp3) is 0.440. The molecule has 0 aromatic heterocycles. The Morgan fingerprint density at radius 3 is 2.62 bits per heavy atom. The first-order valence-electron chi connectivity index (χ1n) is 10.2. The fourth-order valence-corrected chi connectivity index (χ4v) is 4.13. The van der Waals surface area contributed by atoms with Crippen molar-refractivity contribution in [3.05, 3.63) is 82.7 Å². The number of hydrogen-bond acceptors (Lipinski definition) is 0. The molecule has 1 atom stereocenters. The second-order valence-electron chi connectivity index (χ2n) is 7.68. The Bertz CT molecular complexity index is 744. The van der Waals surface area contributed by atoms with E-state index >= 15 is 0 Å². The van der Waals surface area contributed by atoms with Crippen molar-refractivity contribution in [1.29, 1.82) is 0 Å². The third-order valence-corrected chi connectivity index (χ3v) is 5.71. The highest BCUT2D eigenvalue weighted by atomic mass is 19.1. The molecule has 1 heteroatoms. The summed E-state index contributed by atoms with van der Waals surface area (Å²) >= 11 is 0. The summed E-state index contributed by atoms with van der Waals surface area (Å²) < 4.78 is 14.6. The number of aryl methyl sites for hydroxylation is 3. The monoisotopic (exact) mass is 350 g/mol. The lowest BCUT2D eigenvalue weighted by Crippen LogP contribution is -2.14.